The molecule has 0 aliphatic heterocycles. The standard InChI is InChI=1S/C15H18ClN3OS/c1-10(17-2)8-18-14(20)7-13-9-21-15(19-13)11-3-5-12(16)6-4-11/h3-6,9-10,17H,7-8H2,1-2H3,(H,18,20). The number of amides is 1. The lowest BCUT2D eigenvalue weighted by molar-refractivity contribution is -0.120. The molecule has 2 rings (SSSR count). The Balaban J connectivity index is 1.94. The van der Waals surface area contributed by atoms with E-state index in [4.69, 9.17) is 11.6 Å². The molecule has 0 saturated carbocycles. The van der Waals surface area contributed by atoms with Gasteiger partial charge in [-0.15, -0.1) is 11.3 Å². The highest BCUT2D eigenvalue weighted by Crippen LogP contribution is 2.25. The summed E-state index contributed by atoms with van der Waals surface area (Å²) in [5.74, 6) is -0.00921. The lowest BCUT2D eigenvalue weighted by Gasteiger charge is -2.10. The van der Waals surface area contributed by atoms with E-state index in [-0.39, 0.29) is 11.9 Å². The third-order valence-electron chi connectivity index (χ3n) is 3.08. The van der Waals surface area contributed by atoms with Crippen LogP contribution < -0.4 is 10.6 Å². The van der Waals surface area contributed by atoms with E-state index in [0.717, 1.165) is 16.3 Å². The van der Waals surface area contributed by atoms with Gasteiger partial charge in [-0.2, -0.15) is 0 Å². The van der Waals surface area contributed by atoms with Gasteiger partial charge in [0.25, 0.3) is 0 Å². The Hall–Kier alpha value is -1.43. The van der Waals surface area contributed by atoms with Crippen LogP contribution in [0.4, 0.5) is 0 Å². The Morgan fingerprint density at radius 3 is 2.76 bits per heavy atom. The average Bonchev–Trinajstić information content (AvgIpc) is 2.94. The number of carbonyl (C=O) groups is 1. The van der Waals surface area contributed by atoms with Crippen LogP contribution >= 0.6 is 22.9 Å². The maximum Gasteiger partial charge on any atom is 0.226 e. The molecule has 0 radical (unpaired) electrons. The molecule has 0 aliphatic carbocycles. The number of benzene rings is 1. The summed E-state index contributed by atoms with van der Waals surface area (Å²) in [4.78, 5) is 16.3. The summed E-state index contributed by atoms with van der Waals surface area (Å²) in [5.41, 5.74) is 1.81. The minimum Gasteiger partial charge on any atom is -0.354 e. The van der Waals surface area contributed by atoms with Crippen LogP contribution in [0, 0.1) is 0 Å². The van der Waals surface area contributed by atoms with Gasteiger partial charge in [-0.1, -0.05) is 23.7 Å². The predicted molar refractivity (Wildman–Crippen MR) is 87.8 cm³/mol. The Morgan fingerprint density at radius 2 is 2.10 bits per heavy atom. The molecule has 1 heterocycles. The van der Waals surface area contributed by atoms with Crippen molar-refractivity contribution < 1.29 is 4.79 Å². The lowest BCUT2D eigenvalue weighted by atomic mass is 10.2. The normalized spacial score (nSPS) is 12.1. The van der Waals surface area contributed by atoms with E-state index in [0.29, 0.717) is 18.0 Å². The smallest absolute Gasteiger partial charge is 0.226 e. The predicted octanol–water partition coefficient (Wildman–Crippen LogP) is 2.73. The van der Waals surface area contributed by atoms with Gasteiger partial charge in [0.2, 0.25) is 5.91 Å². The first-order chi connectivity index (χ1) is 10.1. The van der Waals surface area contributed by atoms with Gasteiger partial charge in [-0.25, -0.2) is 4.98 Å². The molecule has 6 heteroatoms. The number of nitrogens with one attached hydrogen (secondary N) is 2. The van der Waals surface area contributed by atoms with Crippen molar-refractivity contribution in [2.24, 2.45) is 0 Å². The molecule has 1 aromatic heterocycles. The number of likely N-dealkylation sites (N-methyl/N-ethyl adjacent to an activating group) is 1. The van der Waals surface area contributed by atoms with Crippen molar-refractivity contribution in [3.05, 3.63) is 40.4 Å². The largest absolute Gasteiger partial charge is 0.354 e. The molecule has 2 aromatic rings. The zero-order valence-electron chi connectivity index (χ0n) is 12.0. The summed E-state index contributed by atoms with van der Waals surface area (Å²) < 4.78 is 0. The molecule has 112 valence electrons. The maximum absolute atomic E-state index is 11.8. The van der Waals surface area contributed by atoms with Crippen molar-refractivity contribution in [2.45, 2.75) is 19.4 Å². The number of hydrogen-bond donors (Lipinski definition) is 2. The Kier molecular flexibility index (Phi) is 5.73. The molecule has 2 N–H and O–H groups in total. The molecule has 21 heavy (non-hydrogen) atoms. The van der Waals surface area contributed by atoms with Crippen LogP contribution in [0.3, 0.4) is 0 Å². The van der Waals surface area contributed by atoms with Gasteiger partial charge in [0.1, 0.15) is 5.01 Å². The summed E-state index contributed by atoms with van der Waals surface area (Å²) >= 11 is 7.40. The van der Waals surface area contributed by atoms with Crippen molar-refractivity contribution in [3.63, 3.8) is 0 Å². The fourth-order valence-corrected chi connectivity index (χ4v) is 2.66. The van der Waals surface area contributed by atoms with Crippen LogP contribution in [0.15, 0.2) is 29.6 Å². The van der Waals surface area contributed by atoms with E-state index in [2.05, 4.69) is 15.6 Å². The minimum atomic E-state index is -0.00921. The number of thiazole rings is 1. The van der Waals surface area contributed by atoms with Crippen LogP contribution in [-0.4, -0.2) is 30.5 Å². The number of carbonyl (C=O) groups excluding carboxylic acids is 1. The van der Waals surface area contributed by atoms with Crippen molar-refractivity contribution in [1.82, 2.24) is 15.6 Å². The van der Waals surface area contributed by atoms with E-state index in [1.807, 2.05) is 43.6 Å². The van der Waals surface area contributed by atoms with Gasteiger partial charge in [0.15, 0.2) is 0 Å². The number of rotatable bonds is 6. The molecule has 0 saturated heterocycles. The number of halogens is 1. The number of nitrogens with zero attached hydrogens (tertiary/aromatic N) is 1. The molecule has 0 bridgehead atoms. The second-order valence-corrected chi connectivity index (χ2v) is 6.12. The summed E-state index contributed by atoms with van der Waals surface area (Å²) in [5, 5.41) is 9.48. The molecule has 0 aliphatic rings. The van der Waals surface area contributed by atoms with E-state index >= 15 is 0 Å². The van der Waals surface area contributed by atoms with E-state index in [1.165, 1.54) is 11.3 Å². The zero-order chi connectivity index (χ0) is 15.2. The molecule has 1 unspecified atom stereocenters. The van der Waals surface area contributed by atoms with Gasteiger partial charge in [0, 0.05) is 28.6 Å². The highest BCUT2D eigenvalue weighted by molar-refractivity contribution is 7.13. The summed E-state index contributed by atoms with van der Waals surface area (Å²) in [6, 6.07) is 7.79. The molecule has 4 nitrogen and oxygen atoms in total. The molecule has 1 amide bonds. The molecule has 0 spiro atoms. The quantitative estimate of drug-likeness (QED) is 0.859. The molecule has 1 atom stereocenters. The highest BCUT2D eigenvalue weighted by atomic mass is 35.5. The van der Waals surface area contributed by atoms with Crippen LogP contribution in [-0.2, 0) is 11.2 Å². The fourth-order valence-electron chi connectivity index (χ4n) is 1.71. The topological polar surface area (TPSA) is 54.0 Å². The third kappa shape index (κ3) is 4.81. The summed E-state index contributed by atoms with van der Waals surface area (Å²) in [7, 11) is 1.87. The fraction of sp³-hybridized carbons (Fsp3) is 0.333. The van der Waals surface area contributed by atoms with Crippen molar-refractivity contribution in [1.29, 1.82) is 0 Å². The maximum atomic E-state index is 11.8. The van der Waals surface area contributed by atoms with Crippen molar-refractivity contribution >= 4 is 28.8 Å². The van der Waals surface area contributed by atoms with Crippen molar-refractivity contribution in [3.8, 4) is 10.6 Å². The summed E-state index contributed by atoms with van der Waals surface area (Å²) in [6.45, 7) is 2.63. The first kappa shape index (κ1) is 15.9. The molecular formula is C15H18ClN3OS. The number of hydrogen-bond acceptors (Lipinski definition) is 4. The van der Waals surface area contributed by atoms with Gasteiger partial charge >= 0.3 is 0 Å². The van der Waals surface area contributed by atoms with Gasteiger partial charge in [0.05, 0.1) is 12.1 Å². The van der Waals surface area contributed by atoms with E-state index in [1.54, 1.807) is 0 Å². The monoisotopic (exact) mass is 323 g/mol. The molecular weight excluding hydrogens is 306 g/mol. The van der Waals surface area contributed by atoms with Crippen LogP contribution in [0.1, 0.15) is 12.6 Å². The van der Waals surface area contributed by atoms with Crippen molar-refractivity contribution in [2.75, 3.05) is 13.6 Å². The molecule has 1 aromatic carbocycles. The van der Waals surface area contributed by atoms with Gasteiger partial charge in [-0.05, 0) is 26.1 Å². The Labute approximate surface area is 133 Å². The Bertz CT molecular complexity index is 597. The Morgan fingerprint density at radius 1 is 1.38 bits per heavy atom. The zero-order valence-corrected chi connectivity index (χ0v) is 13.6. The second kappa shape index (κ2) is 7.54. The minimum absolute atomic E-state index is 0.00921. The van der Waals surface area contributed by atoms with Crippen LogP contribution in [0.5, 0.6) is 0 Å². The first-order valence-corrected chi connectivity index (χ1v) is 7.98. The van der Waals surface area contributed by atoms with Gasteiger partial charge < -0.3 is 10.6 Å². The van der Waals surface area contributed by atoms with E-state index in [9.17, 15) is 4.79 Å². The van der Waals surface area contributed by atoms with E-state index < -0.39 is 0 Å². The highest BCUT2D eigenvalue weighted by Gasteiger charge is 2.09. The summed E-state index contributed by atoms with van der Waals surface area (Å²) in [6.07, 6.45) is 0.306. The second-order valence-electron chi connectivity index (χ2n) is 4.82. The van der Waals surface area contributed by atoms with Gasteiger partial charge in [-0.3, -0.25) is 4.79 Å². The molecule has 0 fully saturated rings. The number of aromatic nitrogens is 1. The lowest BCUT2D eigenvalue weighted by Crippen LogP contribution is -2.37. The van der Waals surface area contributed by atoms with Crippen LogP contribution in [0.2, 0.25) is 5.02 Å². The van der Waals surface area contributed by atoms with Crippen LogP contribution in [0.25, 0.3) is 10.6 Å². The SMILES string of the molecule is CNC(C)CNC(=O)Cc1csc(-c2ccc(Cl)cc2)n1. The third-order valence-corrected chi connectivity index (χ3v) is 4.27. The average molecular weight is 324 g/mol. The first-order valence-electron chi connectivity index (χ1n) is 6.73.